The Morgan fingerprint density at radius 3 is 2.85 bits per heavy atom. The average molecular weight is 357 g/mol. The third kappa shape index (κ3) is 3.71. The van der Waals surface area contributed by atoms with Gasteiger partial charge in [0.25, 0.3) is 0 Å². The van der Waals surface area contributed by atoms with E-state index >= 15 is 0 Å². The highest BCUT2D eigenvalue weighted by atomic mass is 16.5. The van der Waals surface area contributed by atoms with Crippen LogP contribution in [0.5, 0.6) is 0 Å². The number of amides is 1. The van der Waals surface area contributed by atoms with E-state index in [-0.39, 0.29) is 11.9 Å². The Labute approximate surface area is 154 Å². The first kappa shape index (κ1) is 18.4. The lowest BCUT2D eigenvalue weighted by molar-refractivity contribution is -0.135. The van der Waals surface area contributed by atoms with Crippen LogP contribution in [0, 0.1) is 6.92 Å². The van der Waals surface area contributed by atoms with Crippen LogP contribution in [0.1, 0.15) is 56.5 Å². The first-order chi connectivity index (χ1) is 12.5. The highest BCUT2D eigenvalue weighted by Crippen LogP contribution is 2.36. The molecule has 1 atom stereocenters. The molecule has 1 amide bonds. The van der Waals surface area contributed by atoms with E-state index in [0.29, 0.717) is 18.1 Å². The average Bonchev–Trinajstić information content (AvgIpc) is 3.07. The van der Waals surface area contributed by atoms with E-state index in [0.717, 1.165) is 49.2 Å². The largest absolute Gasteiger partial charge is 0.356 e. The van der Waals surface area contributed by atoms with Crippen molar-refractivity contribution in [3.63, 3.8) is 0 Å². The molecule has 140 valence electrons. The predicted octanol–water partition coefficient (Wildman–Crippen LogP) is 3.36. The van der Waals surface area contributed by atoms with Crippen LogP contribution in [0.4, 0.5) is 5.95 Å². The zero-order valence-corrected chi connectivity index (χ0v) is 16.0. The number of hydrogen-bond acceptors (Lipinski definition) is 6. The number of hydrogen-bond donors (Lipinski definition) is 0. The van der Waals surface area contributed by atoms with Crippen molar-refractivity contribution in [2.24, 2.45) is 0 Å². The van der Waals surface area contributed by atoms with Crippen molar-refractivity contribution in [2.75, 3.05) is 25.5 Å². The second kappa shape index (κ2) is 7.85. The predicted molar refractivity (Wildman–Crippen MR) is 99.8 cm³/mol. The molecule has 26 heavy (non-hydrogen) atoms. The molecule has 0 unspecified atom stereocenters. The maximum Gasteiger partial charge on any atom is 0.225 e. The van der Waals surface area contributed by atoms with Gasteiger partial charge in [0.2, 0.25) is 11.9 Å². The zero-order valence-electron chi connectivity index (χ0n) is 16.0. The number of nitrogens with zero attached hydrogens (tertiary/aromatic N) is 5. The van der Waals surface area contributed by atoms with E-state index in [9.17, 15) is 4.79 Å². The SMILES string of the molecule is CCCC(=O)N1CCCC[C@@H]1c1nc(N(C)C)ncc1-c1cc(C)no1. The van der Waals surface area contributed by atoms with Crippen LogP contribution in [0.3, 0.4) is 0 Å². The Balaban J connectivity index is 2.07. The van der Waals surface area contributed by atoms with Crippen molar-refractivity contribution >= 4 is 11.9 Å². The lowest BCUT2D eigenvalue weighted by Crippen LogP contribution is -2.39. The molecular formula is C19H27N5O2. The number of carbonyl (C=O) groups excluding carboxylic acids is 1. The molecule has 7 heteroatoms. The van der Waals surface area contributed by atoms with Gasteiger partial charge in [0.15, 0.2) is 5.76 Å². The molecule has 0 saturated carbocycles. The van der Waals surface area contributed by atoms with Crippen LogP contribution in [0.15, 0.2) is 16.8 Å². The molecule has 0 aliphatic carbocycles. The zero-order chi connectivity index (χ0) is 18.7. The molecule has 0 aromatic carbocycles. The van der Waals surface area contributed by atoms with Gasteiger partial charge in [-0.2, -0.15) is 0 Å². The van der Waals surface area contributed by atoms with Crippen molar-refractivity contribution in [1.29, 1.82) is 0 Å². The van der Waals surface area contributed by atoms with Crippen LogP contribution in [-0.4, -0.2) is 46.6 Å². The summed E-state index contributed by atoms with van der Waals surface area (Å²) in [4.78, 5) is 25.8. The third-order valence-corrected chi connectivity index (χ3v) is 4.70. The Morgan fingerprint density at radius 1 is 1.38 bits per heavy atom. The van der Waals surface area contributed by atoms with Gasteiger partial charge >= 0.3 is 0 Å². The Kier molecular flexibility index (Phi) is 5.54. The lowest BCUT2D eigenvalue weighted by atomic mass is 9.95. The molecule has 1 aliphatic rings. The molecule has 1 aliphatic heterocycles. The van der Waals surface area contributed by atoms with Crippen molar-refractivity contribution in [3.8, 4) is 11.3 Å². The molecule has 3 rings (SSSR count). The summed E-state index contributed by atoms with van der Waals surface area (Å²) in [5, 5.41) is 4.00. The Hall–Kier alpha value is -2.44. The Morgan fingerprint density at radius 2 is 2.19 bits per heavy atom. The minimum absolute atomic E-state index is 0.0510. The quantitative estimate of drug-likeness (QED) is 0.817. The monoisotopic (exact) mass is 357 g/mol. The summed E-state index contributed by atoms with van der Waals surface area (Å²) in [5.74, 6) is 1.48. The number of anilines is 1. The van der Waals surface area contributed by atoms with Crippen molar-refractivity contribution < 1.29 is 9.32 Å². The van der Waals surface area contributed by atoms with E-state index in [1.54, 1.807) is 6.20 Å². The maximum absolute atomic E-state index is 12.7. The highest BCUT2D eigenvalue weighted by Gasteiger charge is 2.31. The van der Waals surface area contributed by atoms with Crippen molar-refractivity contribution in [2.45, 2.75) is 52.0 Å². The van der Waals surface area contributed by atoms with Crippen LogP contribution in [0.25, 0.3) is 11.3 Å². The van der Waals surface area contributed by atoms with Crippen LogP contribution in [-0.2, 0) is 4.79 Å². The smallest absolute Gasteiger partial charge is 0.225 e. The van der Waals surface area contributed by atoms with Gasteiger partial charge in [-0.05, 0) is 32.6 Å². The van der Waals surface area contributed by atoms with E-state index in [4.69, 9.17) is 9.51 Å². The number of aromatic nitrogens is 3. The molecule has 1 fully saturated rings. The van der Waals surface area contributed by atoms with E-state index in [1.165, 1.54) is 0 Å². The molecule has 0 radical (unpaired) electrons. The summed E-state index contributed by atoms with van der Waals surface area (Å²) in [7, 11) is 3.83. The molecule has 0 bridgehead atoms. The van der Waals surface area contributed by atoms with Gasteiger partial charge in [-0.1, -0.05) is 12.1 Å². The number of carbonyl (C=O) groups is 1. The summed E-state index contributed by atoms with van der Waals surface area (Å²) >= 11 is 0. The minimum Gasteiger partial charge on any atom is -0.356 e. The van der Waals surface area contributed by atoms with E-state index in [1.807, 2.05) is 43.8 Å². The summed E-state index contributed by atoms with van der Waals surface area (Å²) < 4.78 is 5.48. The summed E-state index contributed by atoms with van der Waals surface area (Å²) in [6, 6.07) is 1.84. The second-order valence-electron chi connectivity index (χ2n) is 7.04. The van der Waals surface area contributed by atoms with E-state index in [2.05, 4.69) is 10.1 Å². The standard InChI is InChI=1S/C19H27N5O2/c1-5-8-17(25)24-10-7-6-9-15(24)18-14(16-11-13(2)22-26-16)12-20-19(21-18)23(3)4/h11-12,15H,5-10H2,1-4H3/t15-/m1/s1. The molecule has 2 aromatic heterocycles. The maximum atomic E-state index is 12.7. The number of rotatable bonds is 5. The van der Waals surface area contributed by atoms with Gasteiger partial charge in [0.1, 0.15) is 0 Å². The van der Waals surface area contributed by atoms with Gasteiger partial charge in [0, 0.05) is 39.3 Å². The number of aryl methyl sites for hydroxylation is 1. The molecule has 0 N–H and O–H groups in total. The van der Waals surface area contributed by atoms with Gasteiger partial charge in [-0.25, -0.2) is 9.97 Å². The number of piperidine rings is 1. The summed E-state index contributed by atoms with van der Waals surface area (Å²) in [6.07, 6.45) is 6.22. The summed E-state index contributed by atoms with van der Waals surface area (Å²) in [5.41, 5.74) is 2.48. The van der Waals surface area contributed by atoms with Gasteiger partial charge in [-0.3, -0.25) is 4.79 Å². The Bertz CT molecular complexity index is 771. The third-order valence-electron chi connectivity index (χ3n) is 4.70. The fourth-order valence-electron chi connectivity index (χ4n) is 3.41. The summed E-state index contributed by atoms with van der Waals surface area (Å²) in [6.45, 7) is 4.70. The molecule has 2 aromatic rings. The van der Waals surface area contributed by atoms with Crippen LogP contribution >= 0.6 is 0 Å². The first-order valence-corrected chi connectivity index (χ1v) is 9.28. The minimum atomic E-state index is -0.0510. The molecular weight excluding hydrogens is 330 g/mol. The van der Waals surface area contributed by atoms with E-state index < -0.39 is 0 Å². The first-order valence-electron chi connectivity index (χ1n) is 9.28. The van der Waals surface area contributed by atoms with Gasteiger partial charge in [-0.15, -0.1) is 0 Å². The van der Waals surface area contributed by atoms with Crippen molar-refractivity contribution in [3.05, 3.63) is 23.7 Å². The van der Waals surface area contributed by atoms with Crippen LogP contribution in [0.2, 0.25) is 0 Å². The number of likely N-dealkylation sites (tertiary alicyclic amines) is 1. The highest BCUT2D eigenvalue weighted by molar-refractivity contribution is 5.77. The molecule has 3 heterocycles. The fraction of sp³-hybridized carbons (Fsp3) is 0.579. The normalized spacial score (nSPS) is 17.4. The van der Waals surface area contributed by atoms with Gasteiger partial charge in [0.05, 0.1) is 23.0 Å². The topological polar surface area (TPSA) is 75.4 Å². The van der Waals surface area contributed by atoms with Gasteiger partial charge < -0.3 is 14.3 Å². The van der Waals surface area contributed by atoms with Crippen molar-refractivity contribution in [1.82, 2.24) is 20.0 Å². The van der Waals surface area contributed by atoms with Crippen LogP contribution < -0.4 is 4.90 Å². The molecule has 0 spiro atoms. The second-order valence-corrected chi connectivity index (χ2v) is 7.04. The fourth-order valence-corrected chi connectivity index (χ4v) is 3.41. The molecule has 1 saturated heterocycles. The lowest BCUT2D eigenvalue weighted by Gasteiger charge is -2.36. The molecule has 7 nitrogen and oxygen atoms in total.